The van der Waals surface area contributed by atoms with Gasteiger partial charge >= 0.3 is 0 Å². The van der Waals surface area contributed by atoms with Crippen LogP contribution in [0.3, 0.4) is 0 Å². The average Bonchev–Trinajstić information content (AvgIpc) is 3.32. The molecule has 2 amide bonds. The van der Waals surface area contributed by atoms with Gasteiger partial charge in [0.2, 0.25) is 0 Å². The summed E-state index contributed by atoms with van der Waals surface area (Å²) in [6.45, 7) is 10.3. The number of hydrogen-bond acceptors (Lipinski definition) is 4. The summed E-state index contributed by atoms with van der Waals surface area (Å²) in [6, 6.07) is 13.8. The first-order chi connectivity index (χ1) is 14.4. The number of nitrogens with zero attached hydrogens (tertiary/aromatic N) is 2. The monoisotopic (exact) mass is 420 g/mol. The third-order valence-electron chi connectivity index (χ3n) is 5.77. The van der Waals surface area contributed by atoms with E-state index in [4.69, 9.17) is 0 Å². The Hall–Kier alpha value is -2.53. The number of anilines is 2. The van der Waals surface area contributed by atoms with Crippen LogP contribution in [-0.4, -0.2) is 30.2 Å². The number of imide groups is 1. The predicted octanol–water partition coefficient (Wildman–Crippen LogP) is 5.33. The summed E-state index contributed by atoms with van der Waals surface area (Å²) < 4.78 is 0. The van der Waals surface area contributed by atoms with Crippen LogP contribution in [0.2, 0.25) is 0 Å². The summed E-state index contributed by atoms with van der Waals surface area (Å²) >= 11 is 1.47. The summed E-state index contributed by atoms with van der Waals surface area (Å²) in [5.41, 5.74) is 5.40. The topological polar surface area (TPSA) is 40.6 Å². The molecular weight excluding hydrogens is 392 g/mol. The highest BCUT2D eigenvalue weighted by molar-refractivity contribution is 8.04. The molecule has 0 spiro atoms. The number of aryl methyl sites for hydroxylation is 2. The quantitative estimate of drug-likeness (QED) is 0.613. The van der Waals surface area contributed by atoms with Crippen molar-refractivity contribution in [2.24, 2.45) is 0 Å². The Kier molecular flexibility index (Phi) is 5.74. The second kappa shape index (κ2) is 8.31. The minimum Gasteiger partial charge on any atom is -0.372 e. The number of amides is 2. The van der Waals surface area contributed by atoms with Crippen LogP contribution in [0.1, 0.15) is 43.4 Å². The highest BCUT2D eigenvalue weighted by atomic mass is 32.2. The second-order valence-corrected chi connectivity index (χ2v) is 9.91. The molecule has 0 bridgehead atoms. The van der Waals surface area contributed by atoms with Crippen LogP contribution < -0.4 is 9.80 Å². The number of thioether (sulfide) groups is 1. The molecule has 4 nitrogen and oxygen atoms in total. The Morgan fingerprint density at radius 1 is 0.833 bits per heavy atom. The van der Waals surface area contributed by atoms with Crippen LogP contribution in [0.5, 0.6) is 0 Å². The van der Waals surface area contributed by atoms with Gasteiger partial charge in [-0.1, -0.05) is 32.0 Å². The van der Waals surface area contributed by atoms with Gasteiger partial charge in [-0.3, -0.25) is 9.59 Å². The van der Waals surface area contributed by atoms with Gasteiger partial charge in [0.05, 0.1) is 16.2 Å². The molecule has 156 valence electrons. The van der Waals surface area contributed by atoms with Gasteiger partial charge < -0.3 is 4.90 Å². The molecule has 5 heteroatoms. The van der Waals surface area contributed by atoms with E-state index in [1.54, 1.807) is 0 Å². The fraction of sp³-hybridized carbons (Fsp3) is 0.360. The first-order valence-corrected chi connectivity index (χ1v) is 11.5. The molecule has 0 saturated carbocycles. The van der Waals surface area contributed by atoms with Gasteiger partial charge in [0.25, 0.3) is 11.8 Å². The Labute approximate surface area is 182 Å². The molecule has 2 aliphatic heterocycles. The van der Waals surface area contributed by atoms with E-state index >= 15 is 0 Å². The molecule has 1 fully saturated rings. The largest absolute Gasteiger partial charge is 0.372 e. The maximum Gasteiger partial charge on any atom is 0.272 e. The number of hydrogen-bond donors (Lipinski definition) is 0. The van der Waals surface area contributed by atoms with Crippen molar-refractivity contribution in [3.8, 4) is 0 Å². The van der Waals surface area contributed by atoms with Crippen LogP contribution in [-0.2, 0) is 9.59 Å². The Balaban J connectivity index is 1.70. The standard InChI is InChI=1S/C25H28N2O2S/c1-16(2)30-23-22(19-8-7-17(3)18(4)15-19)24(28)27(25(23)29)21-11-9-20(10-12-21)26-13-5-6-14-26/h7-12,15-16H,5-6,13-14H2,1-4H3. The smallest absolute Gasteiger partial charge is 0.272 e. The van der Waals surface area contributed by atoms with E-state index in [1.807, 2.05) is 70.2 Å². The zero-order valence-electron chi connectivity index (χ0n) is 18.1. The first kappa shape index (κ1) is 20.7. The van der Waals surface area contributed by atoms with Gasteiger partial charge in [-0.25, -0.2) is 4.90 Å². The zero-order valence-corrected chi connectivity index (χ0v) is 18.9. The molecule has 30 heavy (non-hydrogen) atoms. The summed E-state index contributed by atoms with van der Waals surface area (Å²) in [6.07, 6.45) is 2.42. The Morgan fingerprint density at radius 2 is 1.47 bits per heavy atom. The van der Waals surface area contributed by atoms with Crippen LogP contribution >= 0.6 is 11.8 Å². The molecule has 2 heterocycles. The van der Waals surface area contributed by atoms with Crippen molar-refractivity contribution in [2.45, 2.75) is 45.8 Å². The van der Waals surface area contributed by atoms with E-state index in [1.165, 1.54) is 35.1 Å². The fourth-order valence-electron chi connectivity index (χ4n) is 4.03. The molecule has 2 aromatic carbocycles. The molecule has 0 aromatic heterocycles. The molecule has 4 rings (SSSR count). The lowest BCUT2D eigenvalue weighted by molar-refractivity contribution is -0.119. The van der Waals surface area contributed by atoms with Gasteiger partial charge in [0.15, 0.2) is 0 Å². The predicted molar refractivity (Wildman–Crippen MR) is 126 cm³/mol. The van der Waals surface area contributed by atoms with Crippen molar-refractivity contribution >= 4 is 40.5 Å². The van der Waals surface area contributed by atoms with E-state index in [-0.39, 0.29) is 17.1 Å². The van der Waals surface area contributed by atoms with Crippen molar-refractivity contribution in [2.75, 3.05) is 22.9 Å². The van der Waals surface area contributed by atoms with E-state index in [0.29, 0.717) is 16.2 Å². The third-order valence-corrected chi connectivity index (χ3v) is 6.86. The van der Waals surface area contributed by atoms with Crippen LogP contribution in [0.25, 0.3) is 5.57 Å². The van der Waals surface area contributed by atoms with Gasteiger partial charge in [-0.2, -0.15) is 0 Å². The van der Waals surface area contributed by atoms with E-state index < -0.39 is 0 Å². The van der Waals surface area contributed by atoms with Crippen molar-refractivity contribution in [1.29, 1.82) is 0 Å². The molecule has 2 aliphatic rings. The van der Waals surface area contributed by atoms with Gasteiger partial charge in [0, 0.05) is 24.0 Å². The van der Waals surface area contributed by atoms with Gasteiger partial charge in [0.1, 0.15) is 0 Å². The number of carbonyl (C=O) groups is 2. The van der Waals surface area contributed by atoms with Gasteiger partial charge in [-0.15, -0.1) is 11.8 Å². The van der Waals surface area contributed by atoms with Crippen LogP contribution in [0.15, 0.2) is 47.4 Å². The number of benzene rings is 2. The lowest BCUT2D eigenvalue weighted by Gasteiger charge is -2.20. The molecule has 0 unspecified atom stereocenters. The lowest BCUT2D eigenvalue weighted by atomic mass is 10.0. The average molecular weight is 421 g/mol. The van der Waals surface area contributed by atoms with Crippen molar-refractivity contribution in [3.63, 3.8) is 0 Å². The molecule has 0 radical (unpaired) electrons. The minimum atomic E-state index is -0.236. The Bertz CT molecular complexity index is 1020. The SMILES string of the molecule is Cc1ccc(C2=C(SC(C)C)C(=O)N(c3ccc(N4CCCC4)cc3)C2=O)cc1C. The normalized spacial score (nSPS) is 17.1. The maximum atomic E-state index is 13.5. The second-order valence-electron chi connectivity index (χ2n) is 8.33. The Morgan fingerprint density at radius 3 is 2.07 bits per heavy atom. The maximum absolute atomic E-state index is 13.5. The highest BCUT2D eigenvalue weighted by Crippen LogP contribution is 2.40. The fourth-order valence-corrected chi connectivity index (χ4v) is 5.02. The summed E-state index contributed by atoms with van der Waals surface area (Å²) in [7, 11) is 0. The molecule has 0 atom stereocenters. The van der Waals surface area contributed by atoms with E-state index in [2.05, 4.69) is 4.90 Å². The minimum absolute atomic E-state index is 0.204. The van der Waals surface area contributed by atoms with E-state index in [0.717, 1.165) is 29.9 Å². The summed E-state index contributed by atoms with van der Waals surface area (Å²) in [5, 5.41) is 0.204. The third kappa shape index (κ3) is 3.79. The molecule has 0 aliphatic carbocycles. The van der Waals surface area contributed by atoms with Crippen molar-refractivity contribution in [1.82, 2.24) is 0 Å². The zero-order chi connectivity index (χ0) is 21.4. The van der Waals surface area contributed by atoms with Crippen LogP contribution in [0, 0.1) is 13.8 Å². The molecule has 2 aromatic rings. The van der Waals surface area contributed by atoms with Crippen molar-refractivity contribution < 1.29 is 9.59 Å². The van der Waals surface area contributed by atoms with Crippen LogP contribution in [0.4, 0.5) is 11.4 Å². The number of rotatable bonds is 5. The van der Waals surface area contributed by atoms with E-state index in [9.17, 15) is 9.59 Å². The number of carbonyl (C=O) groups excluding carboxylic acids is 2. The summed E-state index contributed by atoms with van der Waals surface area (Å²) in [4.78, 5) is 31.0. The highest BCUT2D eigenvalue weighted by Gasteiger charge is 2.40. The molecule has 0 N–H and O–H groups in total. The molecule has 1 saturated heterocycles. The van der Waals surface area contributed by atoms with Crippen molar-refractivity contribution in [3.05, 3.63) is 64.1 Å². The first-order valence-electron chi connectivity index (χ1n) is 10.6. The van der Waals surface area contributed by atoms with Gasteiger partial charge in [-0.05, 0) is 67.6 Å². The molecular formula is C25H28N2O2S. The lowest BCUT2D eigenvalue weighted by Crippen LogP contribution is -2.31. The summed E-state index contributed by atoms with van der Waals surface area (Å²) in [5.74, 6) is -0.457.